The number of aromatic carboxylic acids is 2. The van der Waals surface area contributed by atoms with Crippen LogP contribution in [0.4, 0.5) is 0 Å². The number of carboxylic acid groups (broad SMARTS) is 2. The first-order valence-corrected chi connectivity index (χ1v) is 6.85. The molecule has 0 heterocycles. The van der Waals surface area contributed by atoms with Crippen molar-refractivity contribution in [1.29, 1.82) is 0 Å². The zero-order valence-electron chi connectivity index (χ0n) is 14.8. The molecular weight excluding hydrogens is 256 g/mol. The fraction of sp³-hybridized carbons (Fsp3) is 0.500. The van der Waals surface area contributed by atoms with E-state index in [-0.39, 0.29) is 23.9 Å². The molecular formula is C16H22O4. The van der Waals surface area contributed by atoms with Gasteiger partial charge in [0.2, 0.25) is 0 Å². The molecule has 1 unspecified atom stereocenters. The van der Waals surface area contributed by atoms with Crippen molar-refractivity contribution in [3.05, 3.63) is 34.8 Å². The second kappa shape index (κ2) is 7.68. The van der Waals surface area contributed by atoms with Crippen LogP contribution in [0.25, 0.3) is 0 Å². The minimum absolute atomic E-state index is 0.0545. The summed E-state index contributed by atoms with van der Waals surface area (Å²) in [6, 6.07) is -1.61. The van der Waals surface area contributed by atoms with Crippen molar-refractivity contribution < 1.29 is 23.9 Å². The van der Waals surface area contributed by atoms with E-state index < -0.39 is 35.2 Å². The second-order valence-corrected chi connectivity index (χ2v) is 4.83. The van der Waals surface area contributed by atoms with E-state index in [1.165, 1.54) is 0 Å². The van der Waals surface area contributed by atoms with Crippen LogP contribution in [0.3, 0.4) is 0 Å². The van der Waals surface area contributed by atoms with Crippen LogP contribution in [0, 0.1) is 5.92 Å². The minimum Gasteiger partial charge on any atom is -0.478 e. The van der Waals surface area contributed by atoms with Gasteiger partial charge in [0.1, 0.15) is 0 Å². The lowest BCUT2D eigenvalue weighted by molar-refractivity contribution is 0.0650. The minimum atomic E-state index is -1.55. The van der Waals surface area contributed by atoms with Crippen molar-refractivity contribution in [2.45, 2.75) is 46.0 Å². The van der Waals surface area contributed by atoms with Gasteiger partial charge in [0.05, 0.1) is 15.2 Å². The number of rotatable bonds is 8. The fourth-order valence-corrected chi connectivity index (χ4v) is 2.23. The molecule has 0 saturated heterocycles. The molecule has 0 saturated carbocycles. The van der Waals surface area contributed by atoms with E-state index in [1.54, 1.807) is 0 Å². The van der Waals surface area contributed by atoms with Gasteiger partial charge in [-0.05, 0) is 23.9 Å². The zero-order valence-corrected chi connectivity index (χ0v) is 11.8. The molecule has 0 aromatic heterocycles. The Morgan fingerprint density at radius 1 is 1.25 bits per heavy atom. The van der Waals surface area contributed by atoms with Gasteiger partial charge in [-0.3, -0.25) is 0 Å². The molecule has 2 N–H and O–H groups in total. The Morgan fingerprint density at radius 2 is 1.95 bits per heavy atom. The zero-order chi connectivity index (χ0) is 17.7. The Morgan fingerprint density at radius 3 is 2.45 bits per heavy atom. The molecule has 4 nitrogen and oxygen atoms in total. The summed E-state index contributed by atoms with van der Waals surface area (Å²) in [6.45, 7) is 4.01. The number of hydrogen-bond donors (Lipinski definition) is 2. The van der Waals surface area contributed by atoms with Crippen LogP contribution in [0.5, 0.6) is 0 Å². The lowest BCUT2D eigenvalue weighted by atomic mass is 9.88. The Hall–Kier alpha value is -1.84. The van der Waals surface area contributed by atoms with Gasteiger partial charge in [-0.25, -0.2) is 9.59 Å². The van der Waals surface area contributed by atoms with Gasteiger partial charge in [0, 0.05) is 0 Å². The molecule has 20 heavy (non-hydrogen) atoms. The van der Waals surface area contributed by atoms with Gasteiger partial charge in [-0.2, -0.15) is 0 Å². The summed E-state index contributed by atoms with van der Waals surface area (Å²) in [4.78, 5) is 22.9. The maximum atomic E-state index is 11.6. The molecule has 0 aliphatic heterocycles. The van der Waals surface area contributed by atoms with E-state index in [2.05, 4.69) is 0 Å². The third-order valence-corrected chi connectivity index (χ3v) is 3.42. The van der Waals surface area contributed by atoms with Gasteiger partial charge in [0.25, 0.3) is 0 Å². The van der Waals surface area contributed by atoms with Gasteiger partial charge in [-0.15, -0.1) is 0 Å². The fourth-order valence-electron chi connectivity index (χ4n) is 2.23. The summed E-state index contributed by atoms with van der Waals surface area (Å²) < 4.78 is 23.4. The molecule has 1 rings (SSSR count). The predicted octanol–water partition coefficient (Wildman–Crippen LogP) is 3.84. The number of benzene rings is 1. The quantitative estimate of drug-likeness (QED) is 0.759. The highest BCUT2D eigenvalue weighted by Gasteiger charge is 2.21. The summed E-state index contributed by atoms with van der Waals surface area (Å²) in [5.74, 6) is -2.90. The van der Waals surface area contributed by atoms with E-state index in [1.807, 2.05) is 13.8 Å². The average Bonchev–Trinajstić information content (AvgIpc) is 2.49. The highest BCUT2D eigenvalue weighted by Crippen LogP contribution is 2.23. The molecule has 1 aromatic carbocycles. The highest BCUT2D eigenvalue weighted by molar-refractivity contribution is 6.02. The molecule has 0 amide bonds. The van der Waals surface area contributed by atoms with E-state index >= 15 is 0 Å². The van der Waals surface area contributed by atoms with Gasteiger partial charge in [0.15, 0.2) is 0 Å². The van der Waals surface area contributed by atoms with Crippen molar-refractivity contribution >= 4 is 11.9 Å². The van der Waals surface area contributed by atoms with Crippen LogP contribution in [0.15, 0.2) is 18.1 Å². The number of unbranched alkanes of at least 4 members (excludes halogenated alkanes) is 1. The third kappa shape index (κ3) is 4.08. The topological polar surface area (TPSA) is 74.6 Å². The van der Waals surface area contributed by atoms with Crippen LogP contribution in [-0.2, 0) is 6.42 Å². The van der Waals surface area contributed by atoms with Crippen LogP contribution in [0.1, 0.15) is 69.9 Å². The second-order valence-electron chi connectivity index (χ2n) is 4.83. The Bertz CT molecular complexity index is 614. The molecule has 4 heteroatoms. The third-order valence-electron chi connectivity index (χ3n) is 3.42. The van der Waals surface area contributed by atoms with E-state index in [9.17, 15) is 19.8 Å². The van der Waals surface area contributed by atoms with Gasteiger partial charge < -0.3 is 10.2 Å². The monoisotopic (exact) mass is 281 g/mol. The summed E-state index contributed by atoms with van der Waals surface area (Å²) >= 11 is 0. The molecule has 1 aromatic rings. The number of hydrogen-bond acceptors (Lipinski definition) is 2. The maximum Gasteiger partial charge on any atom is 0.336 e. The van der Waals surface area contributed by atoms with E-state index in [0.717, 1.165) is 25.7 Å². The SMILES string of the molecule is [2H]c1c([2H])c(CC(CC)CCCC)c(C(=O)O)c(C(=O)O)c1[2H]. The van der Waals surface area contributed by atoms with Crippen molar-refractivity contribution in [1.82, 2.24) is 0 Å². The van der Waals surface area contributed by atoms with E-state index in [4.69, 9.17) is 4.11 Å². The molecule has 0 aliphatic carbocycles. The Labute approximate surface area is 123 Å². The van der Waals surface area contributed by atoms with Crippen molar-refractivity contribution in [3.63, 3.8) is 0 Å². The predicted molar refractivity (Wildman–Crippen MR) is 77.4 cm³/mol. The number of carboxylic acids is 2. The van der Waals surface area contributed by atoms with E-state index in [0.29, 0.717) is 0 Å². The molecule has 0 radical (unpaired) electrons. The first kappa shape index (κ1) is 11.9. The van der Waals surface area contributed by atoms with Crippen LogP contribution in [-0.4, -0.2) is 22.2 Å². The molecule has 0 bridgehead atoms. The summed E-state index contributed by atoms with van der Waals surface area (Å²) in [5, 5.41) is 18.6. The highest BCUT2D eigenvalue weighted by atomic mass is 16.4. The van der Waals surface area contributed by atoms with Crippen LogP contribution >= 0.6 is 0 Å². The first-order chi connectivity index (χ1) is 10.8. The largest absolute Gasteiger partial charge is 0.478 e. The smallest absolute Gasteiger partial charge is 0.336 e. The van der Waals surface area contributed by atoms with Gasteiger partial charge >= 0.3 is 11.9 Å². The Kier molecular flexibility index (Phi) is 4.58. The Balaban J connectivity index is 3.51. The molecule has 110 valence electrons. The first-order valence-electron chi connectivity index (χ1n) is 8.35. The lowest BCUT2D eigenvalue weighted by Crippen LogP contribution is -2.14. The summed E-state index contributed by atoms with van der Waals surface area (Å²) in [7, 11) is 0. The molecule has 0 spiro atoms. The molecule has 0 aliphatic rings. The van der Waals surface area contributed by atoms with Crippen LogP contribution < -0.4 is 0 Å². The summed E-state index contributed by atoms with van der Waals surface area (Å²) in [6.07, 6.45) is 3.82. The van der Waals surface area contributed by atoms with Gasteiger partial charge in [-0.1, -0.05) is 51.6 Å². The van der Waals surface area contributed by atoms with Crippen molar-refractivity contribution in [2.75, 3.05) is 0 Å². The molecule has 0 fully saturated rings. The van der Waals surface area contributed by atoms with Crippen LogP contribution in [0.2, 0.25) is 0 Å². The lowest BCUT2D eigenvalue weighted by Gasteiger charge is -2.16. The molecule has 1 atom stereocenters. The standard InChI is InChI=1S/C16H22O4/c1-3-5-7-11(4-2)10-12-8-6-9-13(15(17)18)14(12)16(19)20/h6,8-9,11H,3-5,7,10H2,1-2H3,(H,17,18)(H,19,20)/i6D,8D,9D. The van der Waals surface area contributed by atoms with Crippen molar-refractivity contribution in [2.24, 2.45) is 5.92 Å². The number of carbonyl (C=O) groups is 2. The summed E-state index contributed by atoms with van der Waals surface area (Å²) in [5.41, 5.74) is -1.16. The normalized spacial score (nSPS) is 14.2. The average molecular weight is 281 g/mol. The maximum absolute atomic E-state index is 11.6. The van der Waals surface area contributed by atoms with Crippen molar-refractivity contribution in [3.8, 4) is 0 Å².